The van der Waals surface area contributed by atoms with Gasteiger partial charge in [0.2, 0.25) is 0 Å². The van der Waals surface area contributed by atoms with Gasteiger partial charge >= 0.3 is 0 Å². The summed E-state index contributed by atoms with van der Waals surface area (Å²) in [6, 6.07) is 11.5. The second-order valence-electron chi connectivity index (χ2n) is 8.39. The van der Waals surface area contributed by atoms with Crippen LogP contribution in [0.1, 0.15) is 50.0 Å². The molecule has 1 aliphatic heterocycles. The Labute approximate surface area is 172 Å². The molecule has 2 N–H and O–H groups in total. The van der Waals surface area contributed by atoms with Crippen molar-refractivity contribution >= 4 is 21.6 Å². The Balaban J connectivity index is 1.85. The molecule has 0 fully saturated rings. The Hall–Kier alpha value is -2.54. The van der Waals surface area contributed by atoms with Gasteiger partial charge in [-0.25, -0.2) is 8.42 Å². The zero-order valence-electron chi connectivity index (χ0n) is 17.3. The molecular weight excluding hydrogens is 388 g/mol. The van der Waals surface area contributed by atoms with Gasteiger partial charge < -0.3 is 10.1 Å². The van der Waals surface area contributed by atoms with Crippen LogP contribution in [0.3, 0.4) is 0 Å². The Morgan fingerprint density at radius 1 is 1.17 bits per heavy atom. The van der Waals surface area contributed by atoms with Gasteiger partial charge in [0.15, 0.2) is 0 Å². The van der Waals surface area contributed by atoms with Crippen molar-refractivity contribution in [2.24, 2.45) is 5.92 Å². The molecule has 156 valence electrons. The highest BCUT2D eigenvalue weighted by Crippen LogP contribution is 2.34. The molecule has 2 aromatic rings. The molecule has 0 atom stereocenters. The number of rotatable bonds is 6. The minimum Gasteiger partial charge on any atom is -0.488 e. The number of fused-ring (bicyclic) bond motifs is 1. The molecule has 0 saturated heterocycles. The van der Waals surface area contributed by atoms with Gasteiger partial charge in [-0.15, -0.1) is 0 Å². The number of aryl methyl sites for hydroxylation is 1. The van der Waals surface area contributed by atoms with Gasteiger partial charge in [0.1, 0.15) is 11.4 Å². The molecule has 1 aliphatic rings. The lowest BCUT2D eigenvalue weighted by atomic mass is 9.94. The summed E-state index contributed by atoms with van der Waals surface area (Å²) in [4.78, 5) is 12.6. The summed E-state index contributed by atoms with van der Waals surface area (Å²) in [6.07, 6.45) is 1.57. The van der Waals surface area contributed by atoms with Crippen molar-refractivity contribution in [2.45, 2.75) is 51.0 Å². The molecule has 2 aromatic carbocycles. The minimum absolute atomic E-state index is 0.150. The number of sulfonamides is 1. The van der Waals surface area contributed by atoms with Gasteiger partial charge in [-0.2, -0.15) is 0 Å². The van der Waals surface area contributed by atoms with E-state index in [1.54, 1.807) is 36.4 Å². The standard InChI is InChI=1S/C22H28N2O4S/c1-15(2)14-23-21(25)18-7-5-6-8-19(18)24-29(26,27)17-9-10-20-16(13-17)11-12-22(3,4)28-20/h5-10,13,15,24H,11-12,14H2,1-4H3,(H,23,25). The van der Waals surface area contributed by atoms with E-state index in [1.165, 1.54) is 6.07 Å². The first-order valence-corrected chi connectivity index (χ1v) is 11.3. The van der Waals surface area contributed by atoms with Crippen LogP contribution in [0, 0.1) is 5.92 Å². The van der Waals surface area contributed by atoms with E-state index in [0.717, 1.165) is 18.4 Å². The number of para-hydroxylation sites is 1. The molecule has 0 aromatic heterocycles. The molecule has 0 aliphatic carbocycles. The minimum atomic E-state index is -3.85. The molecule has 6 nitrogen and oxygen atoms in total. The lowest BCUT2D eigenvalue weighted by molar-refractivity contribution is 0.0845. The number of benzene rings is 2. The van der Waals surface area contributed by atoms with Gasteiger partial charge in [0, 0.05) is 6.54 Å². The van der Waals surface area contributed by atoms with Gasteiger partial charge in [0.25, 0.3) is 15.9 Å². The monoisotopic (exact) mass is 416 g/mol. The molecule has 0 saturated carbocycles. The Morgan fingerprint density at radius 3 is 2.62 bits per heavy atom. The van der Waals surface area contributed by atoms with Crippen LogP contribution in [0.5, 0.6) is 5.75 Å². The number of anilines is 1. The summed E-state index contributed by atoms with van der Waals surface area (Å²) >= 11 is 0. The van der Waals surface area contributed by atoms with E-state index in [2.05, 4.69) is 10.0 Å². The van der Waals surface area contributed by atoms with E-state index < -0.39 is 10.0 Å². The van der Waals surface area contributed by atoms with Crippen LogP contribution in [-0.4, -0.2) is 26.5 Å². The molecule has 0 bridgehead atoms. The first kappa shape index (κ1) is 21.2. The van der Waals surface area contributed by atoms with E-state index in [0.29, 0.717) is 23.8 Å². The lowest BCUT2D eigenvalue weighted by Crippen LogP contribution is -2.32. The molecular formula is C22H28N2O4S. The number of ether oxygens (including phenoxy) is 1. The van der Waals surface area contributed by atoms with Crippen molar-refractivity contribution in [2.75, 3.05) is 11.3 Å². The molecule has 29 heavy (non-hydrogen) atoms. The number of carbonyl (C=O) groups excluding carboxylic acids is 1. The average Bonchev–Trinajstić information content (AvgIpc) is 2.65. The Kier molecular flexibility index (Phi) is 5.89. The van der Waals surface area contributed by atoms with Crippen molar-refractivity contribution in [3.05, 3.63) is 53.6 Å². The van der Waals surface area contributed by atoms with E-state index in [4.69, 9.17) is 4.74 Å². The highest BCUT2D eigenvalue weighted by Gasteiger charge is 2.28. The summed E-state index contributed by atoms with van der Waals surface area (Å²) in [7, 11) is -3.85. The topological polar surface area (TPSA) is 84.5 Å². The second kappa shape index (κ2) is 8.06. The summed E-state index contributed by atoms with van der Waals surface area (Å²) in [5.41, 5.74) is 1.16. The predicted molar refractivity (Wildman–Crippen MR) is 114 cm³/mol. The predicted octanol–water partition coefficient (Wildman–Crippen LogP) is 3.98. The van der Waals surface area contributed by atoms with Gasteiger partial charge in [-0.1, -0.05) is 26.0 Å². The number of hydrogen-bond donors (Lipinski definition) is 2. The lowest BCUT2D eigenvalue weighted by Gasteiger charge is -2.32. The van der Waals surface area contributed by atoms with Crippen LogP contribution in [0.2, 0.25) is 0 Å². The van der Waals surface area contributed by atoms with Crippen LogP contribution in [-0.2, 0) is 16.4 Å². The van der Waals surface area contributed by atoms with Crippen molar-refractivity contribution < 1.29 is 17.9 Å². The highest BCUT2D eigenvalue weighted by molar-refractivity contribution is 7.92. The maximum Gasteiger partial charge on any atom is 0.261 e. The normalized spacial score (nSPS) is 15.3. The SMILES string of the molecule is CC(C)CNC(=O)c1ccccc1NS(=O)(=O)c1ccc2c(c1)CCC(C)(C)O2. The summed E-state index contributed by atoms with van der Waals surface area (Å²) < 4.78 is 34.4. The Morgan fingerprint density at radius 2 is 1.90 bits per heavy atom. The van der Waals surface area contributed by atoms with E-state index in [-0.39, 0.29) is 22.1 Å². The van der Waals surface area contributed by atoms with Crippen LogP contribution < -0.4 is 14.8 Å². The fraction of sp³-hybridized carbons (Fsp3) is 0.409. The van der Waals surface area contributed by atoms with E-state index in [1.807, 2.05) is 27.7 Å². The third kappa shape index (κ3) is 5.09. The van der Waals surface area contributed by atoms with Crippen LogP contribution in [0.4, 0.5) is 5.69 Å². The van der Waals surface area contributed by atoms with E-state index in [9.17, 15) is 13.2 Å². The first-order chi connectivity index (χ1) is 13.6. The Bertz CT molecular complexity index is 1010. The van der Waals surface area contributed by atoms with Crippen LogP contribution >= 0.6 is 0 Å². The second-order valence-corrected chi connectivity index (χ2v) is 10.1. The molecule has 1 heterocycles. The summed E-state index contributed by atoms with van der Waals surface area (Å²) in [5.74, 6) is 0.706. The maximum atomic E-state index is 13.0. The molecule has 7 heteroatoms. The van der Waals surface area contributed by atoms with Crippen molar-refractivity contribution in [3.8, 4) is 5.75 Å². The molecule has 0 spiro atoms. The van der Waals surface area contributed by atoms with Crippen LogP contribution in [0.25, 0.3) is 0 Å². The third-order valence-electron chi connectivity index (χ3n) is 4.81. The zero-order valence-corrected chi connectivity index (χ0v) is 18.1. The number of carbonyl (C=O) groups is 1. The fourth-order valence-corrected chi connectivity index (χ4v) is 4.30. The van der Waals surface area contributed by atoms with E-state index >= 15 is 0 Å². The molecule has 1 amide bonds. The first-order valence-electron chi connectivity index (χ1n) is 9.79. The molecule has 3 rings (SSSR count). The molecule has 0 radical (unpaired) electrons. The number of hydrogen-bond acceptors (Lipinski definition) is 4. The average molecular weight is 417 g/mol. The van der Waals surface area contributed by atoms with Crippen LogP contribution in [0.15, 0.2) is 47.4 Å². The van der Waals surface area contributed by atoms with Crippen molar-refractivity contribution in [1.82, 2.24) is 5.32 Å². The highest BCUT2D eigenvalue weighted by atomic mass is 32.2. The third-order valence-corrected chi connectivity index (χ3v) is 6.17. The number of nitrogens with one attached hydrogen (secondary N) is 2. The fourth-order valence-electron chi connectivity index (χ4n) is 3.17. The zero-order chi connectivity index (χ0) is 21.2. The van der Waals surface area contributed by atoms with Gasteiger partial charge in [0.05, 0.1) is 16.1 Å². The quantitative estimate of drug-likeness (QED) is 0.746. The maximum absolute atomic E-state index is 13.0. The van der Waals surface area contributed by atoms with Gasteiger partial charge in [-0.3, -0.25) is 9.52 Å². The summed E-state index contributed by atoms with van der Waals surface area (Å²) in [5, 5.41) is 2.82. The van der Waals surface area contributed by atoms with Gasteiger partial charge in [-0.05, 0) is 68.5 Å². The smallest absolute Gasteiger partial charge is 0.261 e. The largest absolute Gasteiger partial charge is 0.488 e. The number of amides is 1. The summed E-state index contributed by atoms with van der Waals surface area (Å²) in [6.45, 7) is 8.54. The van der Waals surface area contributed by atoms with Crippen molar-refractivity contribution in [1.29, 1.82) is 0 Å². The van der Waals surface area contributed by atoms with Crippen molar-refractivity contribution in [3.63, 3.8) is 0 Å². The molecule has 0 unspecified atom stereocenters.